The fourth-order valence-electron chi connectivity index (χ4n) is 9.03. The topological polar surface area (TPSA) is 19.1 Å². The highest BCUT2D eigenvalue weighted by Crippen LogP contribution is 2.51. The monoisotopic (exact) mass is 674 g/mol. The Morgan fingerprint density at radius 2 is 1.02 bits per heavy atom. The fourth-order valence-corrected chi connectivity index (χ4v) is 9.03. The van der Waals surface area contributed by atoms with Gasteiger partial charge in [-0.05, 0) is 99.6 Å². The third kappa shape index (κ3) is 3.99. The summed E-state index contributed by atoms with van der Waals surface area (Å²) in [5.74, 6) is 1.80. The molecule has 0 radical (unpaired) electrons. The predicted octanol–water partition coefficient (Wildman–Crippen LogP) is 13.6. The van der Waals surface area contributed by atoms with Crippen LogP contribution in [0.1, 0.15) is 0 Å². The number of para-hydroxylation sites is 3. The van der Waals surface area contributed by atoms with E-state index in [1.165, 1.54) is 76.5 Å². The smallest absolute Gasteiger partial charge is 0.135 e. The molecule has 53 heavy (non-hydrogen) atoms. The second-order valence-electron chi connectivity index (χ2n) is 14.1. The minimum Gasteiger partial charge on any atom is -0.456 e. The van der Waals surface area contributed by atoms with Crippen LogP contribution in [0, 0.1) is 0 Å². The zero-order chi connectivity index (χ0) is 34.6. The average Bonchev–Trinajstić information content (AvgIpc) is 3.74. The van der Waals surface area contributed by atoms with E-state index < -0.39 is 0 Å². The van der Waals surface area contributed by atoms with Crippen molar-refractivity contribution in [2.75, 3.05) is 0 Å². The van der Waals surface area contributed by atoms with Crippen LogP contribution in [0.3, 0.4) is 0 Å². The third-order valence-electron chi connectivity index (χ3n) is 11.3. The molecule has 3 nitrogen and oxygen atoms in total. The summed E-state index contributed by atoms with van der Waals surface area (Å²) in [6.07, 6.45) is 0. The molecule has 0 amide bonds. The maximum atomic E-state index is 6.54. The van der Waals surface area contributed by atoms with Gasteiger partial charge in [-0.3, -0.25) is 0 Å². The van der Waals surface area contributed by atoms with E-state index in [2.05, 4.69) is 185 Å². The summed E-state index contributed by atoms with van der Waals surface area (Å²) in [5, 5.41) is 9.81. The molecule has 0 N–H and O–H groups in total. The van der Waals surface area contributed by atoms with E-state index in [4.69, 9.17) is 4.74 Å². The minimum atomic E-state index is 0.896. The first kappa shape index (κ1) is 28.6. The molecule has 0 atom stereocenters. The van der Waals surface area contributed by atoms with Gasteiger partial charge < -0.3 is 13.9 Å². The summed E-state index contributed by atoms with van der Waals surface area (Å²) < 4.78 is 11.4. The van der Waals surface area contributed by atoms with Gasteiger partial charge in [0.05, 0.1) is 22.1 Å². The predicted molar refractivity (Wildman–Crippen MR) is 221 cm³/mol. The number of aromatic nitrogens is 2. The first-order chi connectivity index (χ1) is 26.3. The van der Waals surface area contributed by atoms with Crippen molar-refractivity contribution in [1.82, 2.24) is 9.13 Å². The van der Waals surface area contributed by atoms with Crippen LogP contribution in [0.5, 0.6) is 11.5 Å². The number of hydrogen-bond acceptors (Lipinski definition) is 1. The van der Waals surface area contributed by atoms with Crippen LogP contribution in [0.2, 0.25) is 0 Å². The van der Waals surface area contributed by atoms with Crippen molar-refractivity contribution in [3.05, 3.63) is 182 Å². The Hall–Kier alpha value is -7.10. The highest BCUT2D eigenvalue weighted by molar-refractivity contribution is 6.27. The molecule has 0 saturated heterocycles. The second kappa shape index (κ2) is 10.7. The van der Waals surface area contributed by atoms with Crippen LogP contribution in [0.15, 0.2) is 182 Å². The van der Waals surface area contributed by atoms with E-state index in [1.54, 1.807) is 0 Å². The zero-order valence-corrected chi connectivity index (χ0v) is 28.6. The van der Waals surface area contributed by atoms with Gasteiger partial charge >= 0.3 is 0 Å². The molecule has 9 aromatic carbocycles. The summed E-state index contributed by atoms with van der Waals surface area (Å²) >= 11 is 0. The molecule has 12 rings (SSSR count). The van der Waals surface area contributed by atoms with Gasteiger partial charge in [-0.15, -0.1) is 0 Å². The molecule has 3 heterocycles. The van der Waals surface area contributed by atoms with E-state index in [-0.39, 0.29) is 0 Å². The van der Waals surface area contributed by atoms with E-state index in [0.29, 0.717) is 0 Å². The molecule has 246 valence electrons. The molecule has 11 aromatic rings. The minimum absolute atomic E-state index is 0.896. The van der Waals surface area contributed by atoms with Gasteiger partial charge in [0, 0.05) is 43.9 Å². The van der Waals surface area contributed by atoms with Gasteiger partial charge in [0.25, 0.3) is 0 Å². The molecule has 3 heteroatoms. The van der Waals surface area contributed by atoms with Gasteiger partial charge in [0.1, 0.15) is 11.5 Å². The van der Waals surface area contributed by atoms with Crippen molar-refractivity contribution in [1.29, 1.82) is 0 Å². The lowest BCUT2D eigenvalue weighted by Gasteiger charge is -2.22. The first-order valence-corrected chi connectivity index (χ1v) is 18.2. The molecule has 0 saturated carbocycles. The quantitative estimate of drug-likeness (QED) is 0.183. The van der Waals surface area contributed by atoms with E-state index in [9.17, 15) is 0 Å². The van der Waals surface area contributed by atoms with E-state index in [0.717, 1.165) is 33.8 Å². The molecular weight excluding hydrogens is 645 g/mol. The summed E-state index contributed by atoms with van der Waals surface area (Å²) in [5.41, 5.74) is 11.8. The molecule has 2 aromatic heterocycles. The van der Waals surface area contributed by atoms with Gasteiger partial charge in [0.2, 0.25) is 0 Å². The standard InChI is InChI=1S/C50H30N2O/c1-2-14-34(15-3-1)51-43-27-25-33(29-41(43)49-39-19-11-23-47-50(39)40(30-45(49)51)37-16-7-9-22-46(37)53-47)36-18-10-21-44-48(36)38-17-6-8-20-42(38)52(44)35-26-24-31-12-4-5-13-32(31)28-35/h1-30H. The SMILES string of the molecule is c1ccc(-n2c3ccc(-c4cccc5c4c4ccccc4n5-c4ccc5ccccc5c4)cc3c3c4cccc5c4c(cc32)-c2ccccc2O5)cc1. The number of hydrogen-bond donors (Lipinski definition) is 0. The fraction of sp³-hybridized carbons (Fsp3) is 0. The lowest BCUT2D eigenvalue weighted by molar-refractivity contribution is 0.487. The first-order valence-electron chi connectivity index (χ1n) is 18.2. The Morgan fingerprint density at radius 1 is 0.321 bits per heavy atom. The molecule has 1 aliphatic rings. The lowest BCUT2D eigenvalue weighted by Crippen LogP contribution is -1.98. The zero-order valence-electron chi connectivity index (χ0n) is 28.6. The van der Waals surface area contributed by atoms with Crippen molar-refractivity contribution >= 4 is 65.2 Å². The van der Waals surface area contributed by atoms with Gasteiger partial charge in [0.15, 0.2) is 0 Å². The van der Waals surface area contributed by atoms with Crippen LogP contribution >= 0.6 is 0 Å². The molecule has 0 aliphatic carbocycles. The Morgan fingerprint density at radius 3 is 1.96 bits per heavy atom. The maximum absolute atomic E-state index is 6.54. The van der Waals surface area contributed by atoms with Crippen molar-refractivity contribution in [2.24, 2.45) is 0 Å². The van der Waals surface area contributed by atoms with Crippen molar-refractivity contribution in [2.45, 2.75) is 0 Å². The van der Waals surface area contributed by atoms with Crippen LogP contribution in [0.25, 0.3) is 98.8 Å². The van der Waals surface area contributed by atoms with Gasteiger partial charge in [-0.25, -0.2) is 0 Å². The number of nitrogens with zero attached hydrogens (tertiary/aromatic N) is 2. The largest absolute Gasteiger partial charge is 0.456 e. The number of ether oxygens (including phenoxy) is 1. The Labute approximate surface area is 305 Å². The highest BCUT2D eigenvalue weighted by Gasteiger charge is 2.25. The van der Waals surface area contributed by atoms with Gasteiger partial charge in [-0.1, -0.05) is 115 Å². The van der Waals surface area contributed by atoms with Gasteiger partial charge in [-0.2, -0.15) is 0 Å². The summed E-state index contributed by atoms with van der Waals surface area (Å²) in [4.78, 5) is 0. The average molecular weight is 675 g/mol. The molecule has 1 aliphatic heterocycles. The Bertz CT molecular complexity index is 3310. The third-order valence-corrected chi connectivity index (χ3v) is 11.3. The van der Waals surface area contributed by atoms with Crippen molar-refractivity contribution in [3.8, 4) is 45.1 Å². The van der Waals surface area contributed by atoms with Crippen LogP contribution < -0.4 is 4.74 Å². The maximum Gasteiger partial charge on any atom is 0.135 e. The van der Waals surface area contributed by atoms with Crippen LogP contribution in [0.4, 0.5) is 0 Å². The Kier molecular flexibility index (Phi) is 5.77. The molecular formula is C50H30N2O. The van der Waals surface area contributed by atoms with Crippen LogP contribution in [-0.2, 0) is 0 Å². The summed E-state index contributed by atoms with van der Waals surface area (Å²) in [6, 6.07) is 66.0. The molecule has 0 spiro atoms. The molecule has 0 unspecified atom stereocenters. The summed E-state index contributed by atoms with van der Waals surface area (Å²) in [7, 11) is 0. The van der Waals surface area contributed by atoms with E-state index in [1.807, 2.05) is 6.07 Å². The number of rotatable bonds is 3. The highest BCUT2D eigenvalue weighted by atomic mass is 16.5. The summed E-state index contributed by atoms with van der Waals surface area (Å²) in [6.45, 7) is 0. The Balaban J connectivity index is 1.17. The number of fused-ring (bicyclic) bond motifs is 10. The molecule has 0 fully saturated rings. The number of benzene rings is 9. The lowest BCUT2D eigenvalue weighted by atomic mass is 9.91. The van der Waals surface area contributed by atoms with Crippen molar-refractivity contribution in [3.63, 3.8) is 0 Å². The van der Waals surface area contributed by atoms with Crippen molar-refractivity contribution < 1.29 is 4.74 Å². The molecule has 0 bridgehead atoms. The van der Waals surface area contributed by atoms with E-state index >= 15 is 0 Å². The second-order valence-corrected chi connectivity index (χ2v) is 14.1. The van der Waals surface area contributed by atoms with Crippen LogP contribution in [-0.4, -0.2) is 9.13 Å². The normalized spacial score (nSPS) is 12.3.